The van der Waals surface area contributed by atoms with E-state index in [0.717, 1.165) is 11.8 Å². The van der Waals surface area contributed by atoms with Crippen molar-refractivity contribution in [3.63, 3.8) is 0 Å². The molecule has 4 unspecified atom stereocenters. The third-order valence-electron chi connectivity index (χ3n) is 5.27. The topological polar surface area (TPSA) is 105 Å². The van der Waals surface area contributed by atoms with E-state index in [4.69, 9.17) is 5.41 Å². The van der Waals surface area contributed by atoms with Crippen LogP contribution in [-0.4, -0.2) is 74.4 Å². The van der Waals surface area contributed by atoms with Gasteiger partial charge in [-0.2, -0.15) is 13.2 Å². The van der Waals surface area contributed by atoms with Gasteiger partial charge in [0.05, 0.1) is 23.9 Å². The van der Waals surface area contributed by atoms with Crippen molar-refractivity contribution >= 4 is 29.5 Å². The molecule has 3 N–H and O–H groups in total. The first-order valence-corrected chi connectivity index (χ1v) is 9.35. The molecule has 5 atom stereocenters. The fourth-order valence-electron chi connectivity index (χ4n) is 4.05. The predicted octanol–water partition coefficient (Wildman–Crippen LogP) is 1.49. The molecule has 3 aliphatic rings. The average Bonchev–Trinajstić information content (AvgIpc) is 3.08. The van der Waals surface area contributed by atoms with Gasteiger partial charge in [-0.15, -0.1) is 11.8 Å². The van der Waals surface area contributed by atoms with Gasteiger partial charge >= 0.3 is 12.1 Å². The largest absolute Gasteiger partial charge is 0.477 e. The van der Waals surface area contributed by atoms with Crippen LogP contribution < -0.4 is 0 Å². The number of carboxylic acids is 1. The van der Waals surface area contributed by atoms with Crippen LogP contribution in [0.15, 0.2) is 10.6 Å². The SMILES string of the molecule is CC(=N)N1CCC(SC2=C(C(=O)O)N3C(=O)C(C(C)O)[C@H]3C2C(F)(F)F)C1. The quantitative estimate of drug-likeness (QED) is 0.371. The Morgan fingerprint density at radius 1 is 1.41 bits per heavy atom. The van der Waals surface area contributed by atoms with Crippen molar-refractivity contribution in [1.29, 1.82) is 5.41 Å². The number of amidine groups is 1. The first kappa shape index (κ1) is 20.0. The lowest BCUT2D eigenvalue weighted by Gasteiger charge is -2.47. The first-order chi connectivity index (χ1) is 12.4. The van der Waals surface area contributed by atoms with E-state index in [1.165, 1.54) is 6.92 Å². The molecule has 0 aromatic carbocycles. The van der Waals surface area contributed by atoms with E-state index >= 15 is 0 Å². The Hall–Kier alpha value is -1.75. The normalized spacial score (nSPS) is 31.9. The van der Waals surface area contributed by atoms with Gasteiger partial charge in [0.25, 0.3) is 0 Å². The number of β-lactam (4-membered cyclic amide) rings is 1. The number of aliphatic hydroxyl groups excluding tert-OH is 1. The number of halogens is 3. The monoisotopic (exact) mass is 407 g/mol. The first-order valence-electron chi connectivity index (χ1n) is 8.47. The molecule has 0 bridgehead atoms. The van der Waals surface area contributed by atoms with Gasteiger partial charge in [0, 0.05) is 23.2 Å². The van der Waals surface area contributed by atoms with Gasteiger partial charge < -0.3 is 20.0 Å². The fraction of sp³-hybridized carbons (Fsp3) is 0.688. The number of fused-ring (bicyclic) bond motifs is 1. The zero-order chi connectivity index (χ0) is 20.3. The van der Waals surface area contributed by atoms with Crippen LogP contribution in [0.1, 0.15) is 20.3 Å². The van der Waals surface area contributed by atoms with Crippen molar-refractivity contribution in [3.05, 3.63) is 10.6 Å². The summed E-state index contributed by atoms with van der Waals surface area (Å²) < 4.78 is 41.5. The Bertz CT molecular complexity index is 724. The number of aliphatic hydroxyl groups is 1. The Labute approximate surface area is 157 Å². The van der Waals surface area contributed by atoms with Gasteiger partial charge in [-0.1, -0.05) is 0 Å². The number of carboxylic acid groups (broad SMARTS) is 1. The number of hydrogen-bond acceptors (Lipinski definition) is 5. The van der Waals surface area contributed by atoms with Crippen molar-refractivity contribution in [1.82, 2.24) is 9.80 Å². The van der Waals surface area contributed by atoms with Gasteiger partial charge in [0.1, 0.15) is 11.6 Å². The Morgan fingerprint density at radius 3 is 2.48 bits per heavy atom. The molecule has 2 fully saturated rings. The van der Waals surface area contributed by atoms with Crippen LogP contribution in [-0.2, 0) is 9.59 Å². The molecule has 0 aromatic heterocycles. The summed E-state index contributed by atoms with van der Waals surface area (Å²) in [5.41, 5.74) is -0.626. The number of nitrogens with zero attached hydrogens (tertiary/aromatic N) is 2. The van der Waals surface area contributed by atoms with Crippen LogP contribution in [0.2, 0.25) is 0 Å². The third kappa shape index (κ3) is 3.20. The highest BCUT2D eigenvalue weighted by Crippen LogP contribution is 2.56. The van der Waals surface area contributed by atoms with Gasteiger partial charge in [-0.3, -0.25) is 10.2 Å². The number of thioether (sulfide) groups is 1. The molecular formula is C16H20F3N3O4S. The summed E-state index contributed by atoms with van der Waals surface area (Å²) in [6.45, 7) is 3.68. The molecule has 0 saturated carbocycles. The summed E-state index contributed by atoms with van der Waals surface area (Å²) in [5.74, 6) is -5.46. The zero-order valence-corrected chi connectivity index (χ0v) is 15.5. The summed E-state index contributed by atoms with van der Waals surface area (Å²) in [4.78, 5) is 26.0. The summed E-state index contributed by atoms with van der Waals surface area (Å²) >= 11 is 0.836. The highest BCUT2D eigenvalue weighted by atomic mass is 32.2. The Kier molecular flexibility index (Phi) is 4.96. The molecule has 27 heavy (non-hydrogen) atoms. The van der Waals surface area contributed by atoms with Gasteiger partial charge in [0.2, 0.25) is 5.91 Å². The maximum absolute atomic E-state index is 13.8. The molecule has 0 radical (unpaired) electrons. The minimum atomic E-state index is -4.74. The lowest BCUT2D eigenvalue weighted by molar-refractivity contribution is -0.199. The van der Waals surface area contributed by atoms with E-state index in [1.54, 1.807) is 11.8 Å². The molecule has 0 aliphatic carbocycles. The molecule has 3 rings (SSSR count). The smallest absolute Gasteiger partial charge is 0.398 e. The number of alkyl halides is 3. The van der Waals surface area contributed by atoms with Crippen molar-refractivity contribution in [2.24, 2.45) is 11.8 Å². The molecular weight excluding hydrogens is 387 g/mol. The van der Waals surface area contributed by atoms with Crippen LogP contribution in [0.3, 0.4) is 0 Å². The summed E-state index contributed by atoms with van der Waals surface area (Å²) in [6.07, 6.45) is -5.53. The summed E-state index contributed by atoms with van der Waals surface area (Å²) in [7, 11) is 0. The lowest BCUT2D eigenvalue weighted by Crippen LogP contribution is -2.65. The van der Waals surface area contributed by atoms with Crippen LogP contribution in [0.5, 0.6) is 0 Å². The number of hydrogen-bond donors (Lipinski definition) is 3. The van der Waals surface area contributed by atoms with E-state index in [-0.39, 0.29) is 10.2 Å². The molecule has 11 heteroatoms. The predicted molar refractivity (Wildman–Crippen MR) is 91.0 cm³/mol. The molecule has 0 spiro atoms. The molecule has 150 valence electrons. The van der Waals surface area contributed by atoms with E-state index in [2.05, 4.69) is 0 Å². The van der Waals surface area contributed by atoms with E-state index in [9.17, 15) is 33.0 Å². The molecule has 7 nitrogen and oxygen atoms in total. The Balaban J connectivity index is 1.97. The maximum atomic E-state index is 13.8. The minimum Gasteiger partial charge on any atom is -0.477 e. The zero-order valence-electron chi connectivity index (χ0n) is 14.7. The highest BCUT2D eigenvalue weighted by molar-refractivity contribution is 8.03. The fourth-order valence-corrected chi connectivity index (χ4v) is 5.60. The highest BCUT2D eigenvalue weighted by Gasteiger charge is 2.67. The van der Waals surface area contributed by atoms with Crippen molar-refractivity contribution in [2.45, 2.75) is 43.8 Å². The number of aliphatic carboxylic acids is 1. The van der Waals surface area contributed by atoms with Crippen LogP contribution in [0.4, 0.5) is 13.2 Å². The second kappa shape index (κ2) is 6.69. The number of rotatable bonds is 4. The van der Waals surface area contributed by atoms with Gasteiger partial charge in [0.15, 0.2) is 0 Å². The summed E-state index contributed by atoms with van der Waals surface area (Å²) in [5, 5.41) is 26.6. The van der Waals surface area contributed by atoms with Crippen LogP contribution in [0, 0.1) is 17.2 Å². The second-order valence-corrected chi connectivity index (χ2v) is 8.40. The van der Waals surface area contributed by atoms with Crippen molar-refractivity contribution < 1.29 is 33.0 Å². The average molecular weight is 407 g/mol. The van der Waals surface area contributed by atoms with Crippen LogP contribution in [0.25, 0.3) is 0 Å². The molecule has 3 aliphatic heterocycles. The van der Waals surface area contributed by atoms with E-state index in [1.807, 2.05) is 0 Å². The van der Waals surface area contributed by atoms with Crippen LogP contribution >= 0.6 is 11.8 Å². The number of nitrogens with one attached hydrogen (secondary N) is 1. The van der Waals surface area contributed by atoms with E-state index in [0.29, 0.717) is 30.2 Å². The standard InChI is InChI=1S/C16H20F3N3O4S/c1-6(23)9-11-10(16(17,18)19)13(12(15(25)26)22(11)14(9)24)27-8-3-4-21(5-8)7(2)20/h6,8-11,20,23H,3-5H2,1-2H3,(H,25,26)/t6?,8?,9?,10?,11-/m0/s1. The molecule has 0 aromatic rings. The van der Waals surface area contributed by atoms with Crippen molar-refractivity contribution in [3.8, 4) is 0 Å². The maximum Gasteiger partial charge on any atom is 0.398 e. The van der Waals surface area contributed by atoms with E-state index < -0.39 is 47.7 Å². The summed E-state index contributed by atoms with van der Waals surface area (Å²) in [6, 6.07) is -1.42. The number of carbonyl (C=O) groups is 2. The number of amides is 1. The second-order valence-electron chi connectivity index (χ2n) is 7.06. The number of carbonyl (C=O) groups excluding carboxylic acids is 1. The van der Waals surface area contributed by atoms with Gasteiger partial charge in [-0.05, 0) is 20.3 Å². The van der Waals surface area contributed by atoms with Crippen molar-refractivity contribution in [2.75, 3.05) is 13.1 Å². The third-order valence-corrected chi connectivity index (χ3v) is 6.69. The molecule has 1 amide bonds. The molecule has 3 heterocycles. The van der Waals surface area contributed by atoms with Gasteiger partial charge in [-0.25, -0.2) is 4.79 Å². The Morgan fingerprint density at radius 2 is 2.04 bits per heavy atom. The number of likely N-dealkylation sites (tertiary alicyclic amines) is 1. The lowest BCUT2D eigenvalue weighted by atomic mass is 9.78. The molecule has 2 saturated heterocycles. The minimum absolute atomic E-state index is 0.303.